The van der Waals surface area contributed by atoms with E-state index < -0.39 is 15.8 Å². The van der Waals surface area contributed by atoms with Crippen molar-refractivity contribution >= 4 is 32.7 Å². The lowest BCUT2D eigenvalue weighted by molar-refractivity contribution is -0.118. The van der Waals surface area contributed by atoms with Crippen LogP contribution in [0.5, 0.6) is 0 Å². The topological polar surface area (TPSA) is 117 Å². The summed E-state index contributed by atoms with van der Waals surface area (Å²) in [6.45, 7) is 1.04. The molecule has 1 aromatic heterocycles. The van der Waals surface area contributed by atoms with Crippen molar-refractivity contribution in [1.29, 1.82) is 5.26 Å². The average molecular weight is 455 g/mol. The van der Waals surface area contributed by atoms with E-state index in [1.54, 1.807) is 31.3 Å². The van der Waals surface area contributed by atoms with Gasteiger partial charge in [-0.2, -0.15) is 9.57 Å². The molecule has 0 bridgehead atoms. The van der Waals surface area contributed by atoms with Gasteiger partial charge in [0.1, 0.15) is 0 Å². The molecule has 0 radical (unpaired) electrons. The molecule has 32 heavy (non-hydrogen) atoms. The molecule has 0 aliphatic carbocycles. The Morgan fingerprint density at radius 2 is 1.94 bits per heavy atom. The quantitative estimate of drug-likeness (QED) is 0.564. The van der Waals surface area contributed by atoms with Crippen LogP contribution < -0.4 is 10.7 Å². The molecule has 2 heterocycles. The average Bonchev–Trinajstić information content (AvgIpc) is 3.44. The summed E-state index contributed by atoms with van der Waals surface area (Å²) in [6.07, 6.45) is 1.68. The number of oxazole rings is 1. The summed E-state index contributed by atoms with van der Waals surface area (Å²) >= 11 is 0. The lowest BCUT2D eigenvalue weighted by Crippen LogP contribution is -2.28. The van der Waals surface area contributed by atoms with Crippen LogP contribution in [0.25, 0.3) is 11.1 Å². The molecule has 1 fully saturated rings. The minimum absolute atomic E-state index is 0.0235. The summed E-state index contributed by atoms with van der Waals surface area (Å²) in [5.74, 6) is -0.896. The third-order valence-corrected chi connectivity index (χ3v) is 7.52. The number of fused-ring (bicyclic) bond motifs is 1. The first-order valence-corrected chi connectivity index (χ1v) is 11.7. The third kappa shape index (κ3) is 4.04. The Balaban J connectivity index is 1.53. The van der Waals surface area contributed by atoms with Crippen molar-refractivity contribution in [2.75, 3.05) is 25.0 Å². The van der Waals surface area contributed by atoms with E-state index >= 15 is 0 Å². The molecule has 1 aliphatic heterocycles. The number of nitriles is 1. The first-order valence-electron chi connectivity index (χ1n) is 10.2. The number of aromatic nitrogens is 1. The van der Waals surface area contributed by atoms with Gasteiger partial charge < -0.3 is 9.32 Å². The van der Waals surface area contributed by atoms with E-state index in [9.17, 15) is 18.0 Å². The number of carbonyl (C=O) groups excluding carboxylic acids is 1. The van der Waals surface area contributed by atoms with Gasteiger partial charge in [-0.15, -0.1) is 0 Å². The van der Waals surface area contributed by atoms with Crippen molar-refractivity contribution in [2.45, 2.75) is 30.7 Å². The zero-order valence-corrected chi connectivity index (χ0v) is 18.3. The number of benzene rings is 2. The number of rotatable bonds is 6. The van der Waals surface area contributed by atoms with Gasteiger partial charge in [-0.25, -0.2) is 13.2 Å². The van der Waals surface area contributed by atoms with E-state index in [0.717, 1.165) is 12.8 Å². The number of anilines is 1. The van der Waals surface area contributed by atoms with Crippen LogP contribution in [-0.2, 0) is 21.4 Å². The summed E-state index contributed by atoms with van der Waals surface area (Å²) in [5, 5.41) is 9.03. The predicted octanol–water partition coefficient (Wildman–Crippen LogP) is 2.30. The largest absolute Gasteiger partial charge is 0.419 e. The van der Waals surface area contributed by atoms with Crippen molar-refractivity contribution in [3.63, 3.8) is 0 Å². The summed E-state index contributed by atoms with van der Waals surface area (Å²) in [7, 11) is -2.03. The van der Waals surface area contributed by atoms with Crippen LogP contribution in [0.1, 0.15) is 24.8 Å². The highest BCUT2D eigenvalue weighted by molar-refractivity contribution is 7.89. The Morgan fingerprint density at radius 3 is 2.66 bits per heavy atom. The minimum atomic E-state index is -3.63. The van der Waals surface area contributed by atoms with Gasteiger partial charge in [-0.1, -0.05) is 6.07 Å². The van der Waals surface area contributed by atoms with Crippen LogP contribution in [0.4, 0.5) is 5.69 Å². The second-order valence-corrected chi connectivity index (χ2v) is 9.56. The Bertz CT molecular complexity index is 1380. The van der Waals surface area contributed by atoms with Gasteiger partial charge in [0, 0.05) is 44.9 Å². The number of nitrogens with zero attached hydrogens (tertiary/aromatic N) is 4. The molecule has 10 heteroatoms. The Labute approximate surface area is 185 Å². The van der Waals surface area contributed by atoms with Crippen LogP contribution >= 0.6 is 0 Å². The van der Waals surface area contributed by atoms with Gasteiger partial charge in [0.25, 0.3) is 0 Å². The highest BCUT2D eigenvalue weighted by Crippen LogP contribution is 2.24. The first kappa shape index (κ1) is 21.8. The molecule has 0 N–H and O–H groups in total. The van der Waals surface area contributed by atoms with Crippen molar-refractivity contribution in [3.8, 4) is 6.07 Å². The zero-order chi connectivity index (χ0) is 22.9. The maximum atomic E-state index is 12.8. The standard InChI is InChI=1S/C22H22N4O5S/c1-24(17-6-4-5-16(13-17)15-23)21(27)9-12-26-19-8-7-18(14-20(19)31-22(26)28)32(29,30)25-10-2-3-11-25/h4-8,13-14H,2-3,9-12H2,1H3. The van der Waals surface area contributed by atoms with Gasteiger partial charge in [-0.05, 0) is 43.2 Å². The molecule has 0 atom stereocenters. The van der Waals surface area contributed by atoms with Crippen LogP contribution in [-0.4, -0.2) is 43.3 Å². The van der Waals surface area contributed by atoms with E-state index in [1.807, 2.05) is 6.07 Å². The van der Waals surface area contributed by atoms with Gasteiger partial charge in [0.05, 0.1) is 22.0 Å². The lowest BCUT2D eigenvalue weighted by Gasteiger charge is -2.17. The number of hydrogen-bond acceptors (Lipinski definition) is 6. The van der Waals surface area contributed by atoms with E-state index in [4.69, 9.17) is 9.68 Å². The van der Waals surface area contributed by atoms with E-state index in [-0.39, 0.29) is 29.4 Å². The monoisotopic (exact) mass is 454 g/mol. The van der Waals surface area contributed by atoms with Crippen LogP contribution in [0.2, 0.25) is 0 Å². The third-order valence-electron chi connectivity index (χ3n) is 5.63. The summed E-state index contributed by atoms with van der Waals surface area (Å²) < 4.78 is 33.6. The Morgan fingerprint density at radius 1 is 1.19 bits per heavy atom. The smallest absolute Gasteiger partial charge is 0.408 e. The fraction of sp³-hybridized carbons (Fsp3) is 0.318. The van der Waals surface area contributed by atoms with Gasteiger partial charge in [0.15, 0.2) is 5.58 Å². The summed E-state index contributed by atoms with van der Waals surface area (Å²) in [5.41, 5.74) is 1.61. The first-order chi connectivity index (χ1) is 15.3. The van der Waals surface area contributed by atoms with Crippen molar-refractivity contribution in [1.82, 2.24) is 8.87 Å². The maximum absolute atomic E-state index is 12.8. The second kappa shape index (κ2) is 8.61. The van der Waals surface area contributed by atoms with Gasteiger partial charge >= 0.3 is 5.76 Å². The van der Waals surface area contributed by atoms with Gasteiger partial charge in [0.2, 0.25) is 15.9 Å². The molecule has 1 aliphatic rings. The molecule has 2 aromatic carbocycles. The van der Waals surface area contributed by atoms with E-state index in [1.165, 1.54) is 32.0 Å². The molecule has 0 saturated carbocycles. The number of aryl methyl sites for hydroxylation is 1. The van der Waals surface area contributed by atoms with Crippen molar-refractivity contribution in [2.24, 2.45) is 0 Å². The predicted molar refractivity (Wildman–Crippen MR) is 118 cm³/mol. The molecule has 9 nitrogen and oxygen atoms in total. The molecule has 1 amide bonds. The molecule has 3 aromatic rings. The van der Waals surface area contributed by atoms with E-state index in [0.29, 0.717) is 29.9 Å². The molecule has 166 valence electrons. The Hall–Kier alpha value is -3.42. The van der Waals surface area contributed by atoms with Crippen LogP contribution in [0, 0.1) is 11.3 Å². The summed E-state index contributed by atoms with van der Waals surface area (Å²) in [4.78, 5) is 26.5. The number of hydrogen-bond donors (Lipinski definition) is 0. The van der Waals surface area contributed by atoms with Crippen molar-refractivity contribution in [3.05, 3.63) is 58.6 Å². The highest BCUT2D eigenvalue weighted by atomic mass is 32.2. The molecule has 1 saturated heterocycles. The molecule has 4 rings (SSSR count). The zero-order valence-electron chi connectivity index (χ0n) is 17.5. The van der Waals surface area contributed by atoms with Crippen LogP contribution in [0.15, 0.2) is 56.6 Å². The minimum Gasteiger partial charge on any atom is -0.408 e. The number of carbonyl (C=O) groups is 1. The number of sulfonamides is 1. The van der Waals surface area contributed by atoms with Crippen molar-refractivity contribution < 1.29 is 17.6 Å². The molecular weight excluding hydrogens is 432 g/mol. The number of amides is 1. The molecule has 0 spiro atoms. The lowest BCUT2D eigenvalue weighted by atomic mass is 10.2. The fourth-order valence-corrected chi connectivity index (χ4v) is 5.33. The SMILES string of the molecule is CN(C(=O)CCn1c(=O)oc2cc(S(=O)(=O)N3CCCC3)ccc21)c1cccc(C#N)c1. The Kier molecular flexibility index (Phi) is 5.86. The second-order valence-electron chi connectivity index (χ2n) is 7.63. The highest BCUT2D eigenvalue weighted by Gasteiger charge is 2.28. The van der Waals surface area contributed by atoms with Gasteiger partial charge in [-0.3, -0.25) is 9.36 Å². The summed E-state index contributed by atoms with van der Waals surface area (Å²) in [6, 6.07) is 13.1. The fourth-order valence-electron chi connectivity index (χ4n) is 3.80. The van der Waals surface area contributed by atoms with E-state index in [2.05, 4.69) is 0 Å². The maximum Gasteiger partial charge on any atom is 0.419 e. The van der Waals surface area contributed by atoms with Crippen LogP contribution in [0.3, 0.4) is 0 Å². The normalized spacial score (nSPS) is 14.5. The molecule has 0 unspecified atom stereocenters. The molecular formula is C22H22N4O5S.